The second-order valence-electron chi connectivity index (χ2n) is 5.41. The van der Waals surface area contributed by atoms with Crippen LogP contribution in [0.4, 0.5) is 11.5 Å². The van der Waals surface area contributed by atoms with Crippen molar-refractivity contribution in [3.63, 3.8) is 0 Å². The summed E-state index contributed by atoms with van der Waals surface area (Å²) in [5, 5.41) is 9.78. The van der Waals surface area contributed by atoms with Crippen molar-refractivity contribution in [1.29, 1.82) is 0 Å². The first-order valence-electron chi connectivity index (χ1n) is 7.11. The first-order valence-corrected chi connectivity index (χ1v) is 7.11. The summed E-state index contributed by atoms with van der Waals surface area (Å²) in [5.74, 6) is -0.678. The van der Waals surface area contributed by atoms with E-state index in [-0.39, 0.29) is 5.92 Å². The lowest BCUT2D eigenvalue weighted by Gasteiger charge is -2.22. The number of fused-ring (bicyclic) bond motifs is 1. The summed E-state index contributed by atoms with van der Waals surface area (Å²) in [6.07, 6.45) is 2.92. The Labute approximate surface area is 128 Å². The van der Waals surface area contributed by atoms with Gasteiger partial charge in [0, 0.05) is 13.1 Å². The molecule has 4 N–H and O–H groups in total. The largest absolute Gasteiger partial charge is 0.383 e. The van der Waals surface area contributed by atoms with E-state index in [4.69, 9.17) is 5.73 Å². The van der Waals surface area contributed by atoms with Crippen LogP contribution in [0.15, 0.2) is 12.4 Å². The predicted molar refractivity (Wildman–Crippen MR) is 84.0 cm³/mol. The Morgan fingerprint density at radius 2 is 2.14 bits per heavy atom. The zero-order valence-electron chi connectivity index (χ0n) is 12.9. The van der Waals surface area contributed by atoms with Gasteiger partial charge in [0.2, 0.25) is 0 Å². The Kier molecular flexibility index (Phi) is 4.59. The topological polar surface area (TPSA) is 117 Å². The zero-order chi connectivity index (χ0) is 16.3. The minimum absolute atomic E-state index is 0.286. The van der Waals surface area contributed by atoms with Crippen molar-refractivity contribution in [2.45, 2.75) is 20.8 Å². The average Bonchev–Trinajstić information content (AvgIpc) is 2.97. The number of hydrogen-bond acceptors (Lipinski definition) is 5. The van der Waals surface area contributed by atoms with Crippen LogP contribution in [0.3, 0.4) is 0 Å². The summed E-state index contributed by atoms with van der Waals surface area (Å²) >= 11 is 0. The number of pyridine rings is 1. The van der Waals surface area contributed by atoms with Gasteiger partial charge >= 0.3 is 11.8 Å². The lowest BCUT2D eigenvalue weighted by Crippen LogP contribution is -2.41. The summed E-state index contributed by atoms with van der Waals surface area (Å²) < 4.78 is 0. The van der Waals surface area contributed by atoms with Crippen LogP contribution in [0, 0.1) is 5.92 Å². The van der Waals surface area contributed by atoms with Gasteiger partial charge in [-0.05, 0) is 12.8 Å². The van der Waals surface area contributed by atoms with E-state index in [1.807, 2.05) is 20.8 Å². The minimum atomic E-state index is -0.704. The maximum atomic E-state index is 12.2. The lowest BCUT2D eigenvalue weighted by atomic mass is 10.2. The number of carbonyl (C=O) groups excluding carboxylic acids is 2. The molecule has 8 nitrogen and oxygen atoms in total. The summed E-state index contributed by atoms with van der Waals surface area (Å²) in [7, 11) is 0. The molecule has 2 aromatic rings. The van der Waals surface area contributed by atoms with Crippen LogP contribution >= 0.6 is 0 Å². The maximum Gasteiger partial charge on any atom is 0.314 e. The molecular weight excluding hydrogens is 284 g/mol. The molecule has 2 heterocycles. The van der Waals surface area contributed by atoms with Crippen molar-refractivity contribution < 1.29 is 9.59 Å². The van der Waals surface area contributed by atoms with Gasteiger partial charge < -0.3 is 16.0 Å². The van der Waals surface area contributed by atoms with Gasteiger partial charge in [0.1, 0.15) is 5.82 Å². The standard InChI is InChI=1S/C14H20N6O2/c1-4-20(7-8(2)3)14(22)13(21)18-10-6-16-12(15)9-5-17-19-11(9)10/h5-6,8H,4,7H2,1-3H3,(H2,15,16)(H,17,19)(H,18,21). The van der Waals surface area contributed by atoms with Gasteiger partial charge in [-0.25, -0.2) is 4.98 Å². The van der Waals surface area contributed by atoms with Crippen molar-refractivity contribution >= 4 is 34.2 Å². The molecule has 2 rings (SSSR count). The molecule has 0 atom stereocenters. The molecule has 2 amide bonds. The fourth-order valence-electron chi connectivity index (χ4n) is 2.16. The molecule has 0 aliphatic carbocycles. The Bertz CT molecular complexity index is 694. The first-order chi connectivity index (χ1) is 10.4. The highest BCUT2D eigenvalue weighted by Crippen LogP contribution is 2.23. The van der Waals surface area contributed by atoms with Gasteiger partial charge in [-0.2, -0.15) is 5.10 Å². The van der Waals surface area contributed by atoms with Crippen LogP contribution in [-0.4, -0.2) is 45.0 Å². The number of H-pyrrole nitrogens is 1. The molecule has 0 fully saturated rings. The summed E-state index contributed by atoms with van der Waals surface area (Å²) in [5.41, 5.74) is 6.64. The van der Waals surface area contributed by atoms with E-state index in [2.05, 4.69) is 20.5 Å². The van der Waals surface area contributed by atoms with Crippen molar-refractivity contribution in [1.82, 2.24) is 20.1 Å². The van der Waals surface area contributed by atoms with Crippen LogP contribution in [0.1, 0.15) is 20.8 Å². The van der Waals surface area contributed by atoms with E-state index in [0.29, 0.717) is 35.5 Å². The molecule has 0 bridgehead atoms. The van der Waals surface area contributed by atoms with Gasteiger partial charge in [-0.3, -0.25) is 14.7 Å². The highest BCUT2D eigenvalue weighted by molar-refractivity contribution is 6.40. The molecule has 0 saturated carbocycles. The normalized spacial score (nSPS) is 10.9. The van der Waals surface area contributed by atoms with E-state index in [9.17, 15) is 9.59 Å². The zero-order valence-corrected chi connectivity index (χ0v) is 12.9. The average molecular weight is 304 g/mol. The number of likely N-dealkylation sites (N-methyl/N-ethyl adjacent to an activating group) is 1. The minimum Gasteiger partial charge on any atom is -0.383 e. The second kappa shape index (κ2) is 6.42. The third-order valence-corrected chi connectivity index (χ3v) is 3.21. The summed E-state index contributed by atoms with van der Waals surface area (Å²) in [6.45, 7) is 6.83. The number of amides is 2. The molecule has 118 valence electrons. The van der Waals surface area contributed by atoms with E-state index >= 15 is 0 Å². The number of hydrogen-bond donors (Lipinski definition) is 3. The quantitative estimate of drug-likeness (QED) is 0.728. The van der Waals surface area contributed by atoms with Crippen LogP contribution in [0.25, 0.3) is 10.9 Å². The van der Waals surface area contributed by atoms with Crippen molar-refractivity contribution in [3.05, 3.63) is 12.4 Å². The highest BCUT2D eigenvalue weighted by atomic mass is 16.2. The number of nitrogen functional groups attached to an aromatic ring is 1. The van der Waals surface area contributed by atoms with E-state index in [0.717, 1.165) is 0 Å². The molecule has 0 radical (unpaired) electrons. The number of carbonyl (C=O) groups is 2. The smallest absolute Gasteiger partial charge is 0.314 e. The Balaban J connectivity index is 2.18. The molecule has 0 spiro atoms. The Hall–Kier alpha value is -2.64. The SMILES string of the molecule is CCN(CC(C)C)C(=O)C(=O)Nc1cnc(N)c2cn[nH]c12. The highest BCUT2D eigenvalue weighted by Gasteiger charge is 2.22. The van der Waals surface area contributed by atoms with Gasteiger partial charge in [0.05, 0.1) is 29.0 Å². The molecule has 0 aromatic carbocycles. The predicted octanol–water partition coefficient (Wildman–Crippen LogP) is 0.983. The fourth-order valence-corrected chi connectivity index (χ4v) is 2.16. The Morgan fingerprint density at radius 1 is 1.41 bits per heavy atom. The number of nitrogens with one attached hydrogen (secondary N) is 2. The van der Waals surface area contributed by atoms with Crippen molar-refractivity contribution in [3.8, 4) is 0 Å². The number of rotatable bonds is 4. The molecular formula is C14H20N6O2. The monoisotopic (exact) mass is 304 g/mol. The van der Waals surface area contributed by atoms with Crippen LogP contribution < -0.4 is 11.1 Å². The molecule has 22 heavy (non-hydrogen) atoms. The lowest BCUT2D eigenvalue weighted by molar-refractivity contribution is -0.143. The molecule has 0 unspecified atom stereocenters. The molecule has 0 aliphatic rings. The van der Waals surface area contributed by atoms with Gasteiger partial charge in [-0.15, -0.1) is 0 Å². The maximum absolute atomic E-state index is 12.2. The molecule has 2 aromatic heterocycles. The number of aromatic amines is 1. The van der Waals surface area contributed by atoms with E-state index in [1.54, 1.807) is 0 Å². The van der Waals surface area contributed by atoms with Crippen molar-refractivity contribution in [2.24, 2.45) is 5.92 Å². The number of aromatic nitrogens is 3. The van der Waals surface area contributed by atoms with Crippen LogP contribution in [0.2, 0.25) is 0 Å². The molecule has 0 aliphatic heterocycles. The van der Waals surface area contributed by atoms with Crippen LogP contribution in [0.5, 0.6) is 0 Å². The number of anilines is 2. The number of nitrogens with two attached hydrogens (primary N) is 1. The van der Waals surface area contributed by atoms with Crippen LogP contribution in [-0.2, 0) is 9.59 Å². The van der Waals surface area contributed by atoms with E-state index < -0.39 is 11.8 Å². The third-order valence-electron chi connectivity index (χ3n) is 3.21. The van der Waals surface area contributed by atoms with Gasteiger partial charge in [0.15, 0.2) is 0 Å². The van der Waals surface area contributed by atoms with Crippen molar-refractivity contribution in [2.75, 3.05) is 24.1 Å². The summed E-state index contributed by atoms with van der Waals surface area (Å²) in [6, 6.07) is 0. The van der Waals surface area contributed by atoms with E-state index in [1.165, 1.54) is 17.3 Å². The fraction of sp³-hybridized carbons (Fsp3) is 0.429. The number of nitrogens with zero attached hydrogens (tertiary/aromatic N) is 3. The second-order valence-corrected chi connectivity index (χ2v) is 5.41. The van der Waals surface area contributed by atoms with Gasteiger partial charge in [0.25, 0.3) is 0 Å². The van der Waals surface area contributed by atoms with Gasteiger partial charge in [-0.1, -0.05) is 13.8 Å². The third kappa shape index (κ3) is 3.16. The summed E-state index contributed by atoms with van der Waals surface area (Å²) in [4.78, 5) is 29.8. The Morgan fingerprint density at radius 3 is 2.77 bits per heavy atom. The first kappa shape index (κ1) is 15.7. The molecule has 8 heteroatoms. The molecule has 0 saturated heterocycles.